The van der Waals surface area contributed by atoms with Gasteiger partial charge in [0.15, 0.2) is 0 Å². The first-order valence-electron chi connectivity index (χ1n) is 12.4. The van der Waals surface area contributed by atoms with Gasteiger partial charge in [-0.05, 0) is 12.8 Å². The molecule has 0 aliphatic carbocycles. The number of aromatic hydroxyl groups is 1. The number of hydrogen-bond donors (Lipinski definition) is 1. The van der Waals surface area contributed by atoms with Gasteiger partial charge in [0.05, 0.1) is 12.8 Å². The maximum absolute atomic E-state index is 10.2. The standard InChI is InChI=1S/C23H43N3O2.C2H6/c1-5-6-7-8-9-10-11-12-13-14-15-16-17-18-19-20-21(27)22(28-4)25-23(24-20)26(2)3;1-2/h27H,5-19H2,1-4H3;1-2H3. The topological polar surface area (TPSA) is 58.5 Å². The van der Waals surface area contributed by atoms with Gasteiger partial charge in [0.25, 0.3) is 5.88 Å². The van der Waals surface area contributed by atoms with Gasteiger partial charge in [0.2, 0.25) is 11.7 Å². The lowest BCUT2D eigenvalue weighted by molar-refractivity contribution is 0.353. The molecule has 0 aliphatic heterocycles. The van der Waals surface area contributed by atoms with E-state index in [4.69, 9.17) is 4.74 Å². The number of anilines is 1. The largest absolute Gasteiger partial charge is 0.502 e. The molecule has 0 saturated heterocycles. The van der Waals surface area contributed by atoms with Crippen LogP contribution in [-0.4, -0.2) is 36.3 Å². The average Bonchev–Trinajstić information content (AvgIpc) is 2.76. The van der Waals surface area contributed by atoms with E-state index in [9.17, 15) is 5.11 Å². The van der Waals surface area contributed by atoms with Gasteiger partial charge in [-0.1, -0.05) is 104 Å². The summed E-state index contributed by atoms with van der Waals surface area (Å²) in [5, 5.41) is 10.2. The Morgan fingerprint density at radius 1 is 0.733 bits per heavy atom. The van der Waals surface area contributed by atoms with E-state index in [-0.39, 0.29) is 11.6 Å². The molecule has 1 heterocycles. The van der Waals surface area contributed by atoms with Crippen LogP contribution in [0, 0.1) is 0 Å². The lowest BCUT2D eigenvalue weighted by atomic mass is 10.0. The van der Waals surface area contributed by atoms with E-state index in [1.165, 1.54) is 90.6 Å². The Kier molecular flexibility index (Phi) is 18.5. The van der Waals surface area contributed by atoms with Crippen molar-refractivity contribution in [2.75, 3.05) is 26.1 Å². The summed E-state index contributed by atoms with van der Waals surface area (Å²) in [6, 6.07) is 0. The Hall–Kier alpha value is -1.52. The number of hydrogen-bond acceptors (Lipinski definition) is 5. The summed E-state index contributed by atoms with van der Waals surface area (Å²) in [4.78, 5) is 10.5. The van der Waals surface area contributed by atoms with Crippen molar-refractivity contribution >= 4 is 5.95 Å². The van der Waals surface area contributed by atoms with Crippen LogP contribution in [0.2, 0.25) is 0 Å². The first-order chi connectivity index (χ1) is 14.6. The predicted molar refractivity (Wildman–Crippen MR) is 130 cm³/mol. The number of rotatable bonds is 17. The molecule has 0 bridgehead atoms. The molecule has 0 fully saturated rings. The molecule has 0 aliphatic rings. The van der Waals surface area contributed by atoms with Crippen molar-refractivity contribution in [3.8, 4) is 11.6 Å². The van der Waals surface area contributed by atoms with Crippen LogP contribution in [0.3, 0.4) is 0 Å². The fourth-order valence-electron chi connectivity index (χ4n) is 3.47. The van der Waals surface area contributed by atoms with E-state index >= 15 is 0 Å². The summed E-state index contributed by atoms with van der Waals surface area (Å²) in [7, 11) is 5.31. The van der Waals surface area contributed by atoms with Crippen molar-refractivity contribution < 1.29 is 9.84 Å². The summed E-state index contributed by atoms with van der Waals surface area (Å²) in [5.74, 6) is 0.928. The lowest BCUT2D eigenvalue weighted by Crippen LogP contribution is -2.14. The molecule has 5 heteroatoms. The van der Waals surface area contributed by atoms with Gasteiger partial charge in [0.1, 0.15) is 0 Å². The van der Waals surface area contributed by atoms with Gasteiger partial charge < -0.3 is 14.7 Å². The molecular formula is C25H49N3O2. The second kappa shape index (κ2) is 19.4. The highest BCUT2D eigenvalue weighted by molar-refractivity contribution is 5.43. The molecule has 0 unspecified atom stereocenters. The second-order valence-electron chi connectivity index (χ2n) is 8.07. The number of aromatic nitrogens is 2. The number of aryl methyl sites for hydroxylation is 1. The van der Waals surface area contributed by atoms with Crippen LogP contribution in [0.25, 0.3) is 0 Å². The molecule has 30 heavy (non-hydrogen) atoms. The van der Waals surface area contributed by atoms with Crippen molar-refractivity contribution in [2.45, 2.75) is 117 Å². The third-order valence-corrected chi connectivity index (χ3v) is 5.27. The predicted octanol–water partition coefficient (Wildman–Crippen LogP) is 7.31. The van der Waals surface area contributed by atoms with Crippen LogP contribution in [-0.2, 0) is 6.42 Å². The summed E-state index contributed by atoms with van der Waals surface area (Å²) < 4.78 is 5.17. The van der Waals surface area contributed by atoms with Crippen LogP contribution in [0.4, 0.5) is 5.95 Å². The minimum absolute atomic E-state index is 0.0859. The van der Waals surface area contributed by atoms with Crippen molar-refractivity contribution in [1.82, 2.24) is 9.97 Å². The van der Waals surface area contributed by atoms with Gasteiger partial charge >= 0.3 is 0 Å². The van der Waals surface area contributed by atoms with Crippen LogP contribution < -0.4 is 9.64 Å². The average molecular weight is 424 g/mol. The molecule has 0 atom stereocenters. The second-order valence-corrected chi connectivity index (χ2v) is 8.07. The van der Waals surface area contributed by atoms with E-state index in [2.05, 4.69) is 16.9 Å². The maximum Gasteiger partial charge on any atom is 0.261 e. The molecule has 5 nitrogen and oxygen atoms in total. The van der Waals surface area contributed by atoms with E-state index in [0.29, 0.717) is 11.6 Å². The van der Waals surface area contributed by atoms with Gasteiger partial charge in [-0.15, -0.1) is 0 Å². The molecular weight excluding hydrogens is 374 g/mol. The summed E-state index contributed by atoms with van der Waals surface area (Å²) in [6.07, 6.45) is 19.6. The SMILES string of the molecule is CC.CCCCCCCCCCCCCCCCc1nc(N(C)C)nc(OC)c1O. The number of methoxy groups -OCH3 is 1. The number of nitrogens with zero attached hydrogens (tertiary/aromatic N) is 3. The minimum atomic E-state index is 0.0859. The number of unbranched alkanes of at least 4 members (excludes halogenated alkanes) is 13. The third kappa shape index (κ3) is 12.9. The Morgan fingerprint density at radius 2 is 1.17 bits per heavy atom. The zero-order valence-electron chi connectivity index (χ0n) is 20.8. The molecule has 0 amide bonds. The molecule has 0 spiro atoms. The normalized spacial score (nSPS) is 10.5. The summed E-state index contributed by atoms with van der Waals surface area (Å²) in [5.41, 5.74) is 0.689. The Bertz CT molecular complexity index is 521. The monoisotopic (exact) mass is 423 g/mol. The van der Waals surface area contributed by atoms with Gasteiger partial charge in [-0.25, -0.2) is 4.98 Å². The maximum atomic E-state index is 10.2. The first-order valence-corrected chi connectivity index (χ1v) is 12.4. The van der Waals surface area contributed by atoms with E-state index in [1.54, 1.807) is 0 Å². The van der Waals surface area contributed by atoms with E-state index < -0.39 is 0 Å². The van der Waals surface area contributed by atoms with Crippen LogP contribution in [0.15, 0.2) is 0 Å². The van der Waals surface area contributed by atoms with Crippen molar-refractivity contribution in [2.24, 2.45) is 0 Å². The number of ether oxygens (including phenoxy) is 1. The molecule has 1 aromatic heterocycles. The molecule has 176 valence electrons. The van der Waals surface area contributed by atoms with Crippen LogP contribution in [0.1, 0.15) is 116 Å². The molecule has 0 radical (unpaired) electrons. The lowest BCUT2D eigenvalue weighted by Gasteiger charge is -2.14. The van der Waals surface area contributed by atoms with E-state index in [0.717, 1.165) is 12.8 Å². The highest BCUT2D eigenvalue weighted by Gasteiger charge is 2.14. The minimum Gasteiger partial charge on any atom is -0.502 e. The zero-order valence-corrected chi connectivity index (χ0v) is 20.8. The van der Waals surface area contributed by atoms with Crippen molar-refractivity contribution in [1.29, 1.82) is 0 Å². The quantitative estimate of drug-likeness (QED) is 0.266. The molecule has 0 aromatic carbocycles. The van der Waals surface area contributed by atoms with Gasteiger partial charge in [-0.2, -0.15) is 4.98 Å². The first kappa shape index (κ1) is 28.5. The third-order valence-electron chi connectivity index (χ3n) is 5.27. The smallest absolute Gasteiger partial charge is 0.261 e. The van der Waals surface area contributed by atoms with E-state index in [1.807, 2.05) is 32.8 Å². The molecule has 1 aromatic rings. The fourth-order valence-corrected chi connectivity index (χ4v) is 3.47. The molecule has 0 saturated carbocycles. The molecule has 1 rings (SSSR count). The molecule has 1 N–H and O–H groups in total. The Labute approximate surface area is 186 Å². The fraction of sp³-hybridized carbons (Fsp3) is 0.840. The zero-order chi connectivity index (χ0) is 22.6. The Balaban J connectivity index is 0.00000407. The summed E-state index contributed by atoms with van der Waals surface area (Å²) in [6.45, 7) is 6.28. The highest BCUT2D eigenvalue weighted by atomic mass is 16.5. The van der Waals surface area contributed by atoms with Crippen molar-refractivity contribution in [3.63, 3.8) is 0 Å². The van der Waals surface area contributed by atoms with Gasteiger partial charge in [0, 0.05) is 14.1 Å². The highest BCUT2D eigenvalue weighted by Crippen LogP contribution is 2.29. The van der Waals surface area contributed by atoms with Crippen molar-refractivity contribution in [3.05, 3.63) is 5.69 Å². The summed E-state index contributed by atoms with van der Waals surface area (Å²) >= 11 is 0. The van der Waals surface area contributed by atoms with Crippen LogP contribution in [0.5, 0.6) is 11.6 Å². The van der Waals surface area contributed by atoms with Crippen LogP contribution >= 0.6 is 0 Å². The van der Waals surface area contributed by atoms with Gasteiger partial charge in [-0.3, -0.25) is 0 Å². The Morgan fingerprint density at radius 3 is 1.57 bits per heavy atom.